The first kappa shape index (κ1) is 14.7. The Kier molecular flexibility index (Phi) is 4.53. The van der Waals surface area contributed by atoms with Crippen LogP contribution in [0, 0.1) is 0 Å². The zero-order valence-electron chi connectivity index (χ0n) is 12.6. The lowest BCUT2D eigenvalue weighted by Crippen LogP contribution is -2.46. The van der Waals surface area contributed by atoms with Crippen LogP contribution in [0.15, 0.2) is 18.2 Å². The third-order valence-electron chi connectivity index (χ3n) is 3.16. The molecule has 1 aromatic carbocycles. The minimum absolute atomic E-state index is 0.112. The summed E-state index contributed by atoms with van der Waals surface area (Å²) in [4.78, 5) is 11.6. The van der Waals surface area contributed by atoms with Gasteiger partial charge in [-0.2, -0.15) is 0 Å². The fourth-order valence-corrected chi connectivity index (χ4v) is 2.27. The van der Waals surface area contributed by atoms with Crippen LogP contribution in [-0.4, -0.2) is 24.7 Å². The molecule has 0 saturated heterocycles. The average Bonchev–Trinajstić information content (AvgIpc) is 2.36. The minimum atomic E-state index is -0.201. The van der Waals surface area contributed by atoms with E-state index in [1.54, 1.807) is 0 Å². The molecule has 0 spiro atoms. The molecule has 0 aromatic heterocycles. The molecule has 0 aliphatic carbocycles. The Hall–Kier alpha value is -1.71. The van der Waals surface area contributed by atoms with E-state index in [0.29, 0.717) is 6.54 Å². The maximum atomic E-state index is 11.6. The van der Waals surface area contributed by atoms with Crippen LogP contribution in [0.1, 0.15) is 38.3 Å². The number of amides is 2. The number of fused-ring (bicyclic) bond motifs is 1. The average molecular weight is 276 g/mol. The van der Waals surface area contributed by atoms with E-state index in [-0.39, 0.29) is 11.6 Å². The zero-order valence-corrected chi connectivity index (χ0v) is 12.6. The highest BCUT2D eigenvalue weighted by Gasteiger charge is 2.13. The highest BCUT2D eigenvalue weighted by molar-refractivity contribution is 5.74. The third kappa shape index (κ3) is 4.44. The van der Waals surface area contributed by atoms with E-state index in [0.717, 1.165) is 31.6 Å². The second-order valence-corrected chi connectivity index (χ2v) is 6.27. The molecule has 0 saturated carbocycles. The predicted octanol–water partition coefficient (Wildman–Crippen LogP) is 2.65. The van der Waals surface area contributed by atoms with Crippen molar-refractivity contribution < 1.29 is 9.53 Å². The van der Waals surface area contributed by atoms with Gasteiger partial charge in [0.25, 0.3) is 0 Å². The number of carbonyl (C=O) groups excluding carboxylic acids is 1. The Bertz CT molecular complexity index is 478. The summed E-state index contributed by atoms with van der Waals surface area (Å²) in [5.41, 5.74) is 2.32. The van der Waals surface area contributed by atoms with Gasteiger partial charge in [0.2, 0.25) is 0 Å². The lowest BCUT2D eigenvalue weighted by molar-refractivity contribution is 0.232. The van der Waals surface area contributed by atoms with Crippen LogP contribution in [-0.2, 0) is 12.8 Å². The van der Waals surface area contributed by atoms with E-state index >= 15 is 0 Å². The van der Waals surface area contributed by atoms with Crippen LogP contribution in [0.4, 0.5) is 4.79 Å². The molecule has 1 aliphatic rings. The number of aryl methyl sites for hydroxylation is 1. The fourth-order valence-electron chi connectivity index (χ4n) is 2.27. The van der Waals surface area contributed by atoms with Gasteiger partial charge in [0.05, 0.1) is 6.61 Å². The molecule has 0 bridgehead atoms. The van der Waals surface area contributed by atoms with Crippen LogP contribution >= 0.6 is 0 Å². The maximum Gasteiger partial charge on any atom is 0.315 e. The number of hydrogen-bond donors (Lipinski definition) is 2. The van der Waals surface area contributed by atoms with Crippen LogP contribution in [0.5, 0.6) is 5.75 Å². The van der Waals surface area contributed by atoms with Gasteiger partial charge in [-0.3, -0.25) is 0 Å². The van der Waals surface area contributed by atoms with Gasteiger partial charge in [0.1, 0.15) is 5.75 Å². The molecule has 0 fully saturated rings. The molecule has 1 heterocycles. The molecule has 2 rings (SSSR count). The van der Waals surface area contributed by atoms with Crippen molar-refractivity contribution in [1.82, 2.24) is 10.6 Å². The molecule has 4 heteroatoms. The van der Waals surface area contributed by atoms with E-state index < -0.39 is 0 Å². The smallest absolute Gasteiger partial charge is 0.315 e. The number of carbonyl (C=O) groups is 1. The van der Waals surface area contributed by atoms with E-state index in [4.69, 9.17) is 4.74 Å². The van der Waals surface area contributed by atoms with Crippen molar-refractivity contribution in [3.05, 3.63) is 29.3 Å². The zero-order chi connectivity index (χ0) is 14.6. The van der Waals surface area contributed by atoms with Crippen molar-refractivity contribution in [2.24, 2.45) is 0 Å². The summed E-state index contributed by atoms with van der Waals surface area (Å²) in [6, 6.07) is 6.20. The third-order valence-corrected chi connectivity index (χ3v) is 3.16. The predicted molar refractivity (Wildman–Crippen MR) is 80.2 cm³/mol. The van der Waals surface area contributed by atoms with Gasteiger partial charge >= 0.3 is 6.03 Å². The van der Waals surface area contributed by atoms with Gasteiger partial charge in [0.15, 0.2) is 0 Å². The molecule has 1 aromatic rings. The highest BCUT2D eigenvalue weighted by Crippen LogP contribution is 2.25. The Labute approximate surface area is 120 Å². The molecular formula is C16H24N2O2. The van der Waals surface area contributed by atoms with Crippen molar-refractivity contribution >= 4 is 6.03 Å². The van der Waals surface area contributed by atoms with E-state index in [1.807, 2.05) is 26.8 Å². The highest BCUT2D eigenvalue weighted by atomic mass is 16.5. The Morgan fingerprint density at radius 3 is 2.90 bits per heavy atom. The summed E-state index contributed by atoms with van der Waals surface area (Å²) in [5.74, 6) is 1.01. The number of benzene rings is 1. The van der Waals surface area contributed by atoms with Gasteiger partial charge in [0, 0.05) is 12.1 Å². The van der Waals surface area contributed by atoms with Crippen LogP contribution in [0.3, 0.4) is 0 Å². The summed E-state index contributed by atoms with van der Waals surface area (Å²) < 4.78 is 5.60. The number of rotatable bonds is 3. The molecular weight excluding hydrogens is 252 g/mol. The summed E-state index contributed by atoms with van der Waals surface area (Å²) in [6.45, 7) is 7.37. The Morgan fingerprint density at radius 2 is 2.15 bits per heavy atom. The van der Waals surface area contributed by atoms with Crippen LogP contribution in [0.2, 0.25) is 0 Å². The van der Waals surface area contributed by atoms with Gasteiger partial charge in [-0.15, -0.1) is 0 Å². The normalized spacial score (nSPS) is 14.2. The van der Waals surface area contributed by atoms with E-state index in [9.17, 15) is 4.79 Å². The first-order chi connectivity index (χ1) is 9.44. The summed E-state index contributed by atoms with van der Waals surface area (Å²) >= 11 is 0. The SMILES string of the molecule is CC(C)(C)NC(=O)NCCc1ccc2c(c1)CCCO2. The van der Waals surface area contributed by atoms with Gasteiger partial charge in [-0.1, -0.05) is 12.1 Å². The maximum absolute atomic E-state index is 11.6. The molecule has 1 aliphatic heterocycles. The second kappa shape index (κ2) is 6.16. The molecule has 2 N–H and O–H groups in total. The summed E-state index contributed by atoms with van der Waals surface area (Å²) in [6.07, 6.45) is 3.01. The largest absolute Gasteiger partial charge is 0.493 e. The summed E-state index contributed by atoms with van der Waals surface area (Å²) in [5, 5.41) is 5.77. The number of urea groups is 1. The van der Waals surface area contributed by atoms with Gasteiger partial charge in [-0.25, -0.2) is 4.79 Å². The molecule has 2 amide bonds. The molecule has 0 radical (unpaired) electrons. The monoisotopic (exact) mass is 276 g/mol. The molecule has 0 unspecified atom stereocenters. The van der Waals surface area contributed by atoms with Crippen molar-refractivity contribution in [2.75, 3.05) is 13.2 Å². The topological polar surface area (TPSA) is 50.4 Å². The standard InChI is InChI=1S/C16H24N2O2/c1-16(2,3)18-15(19)17-9-8-12-6-7-14-13(11-12)5-4-10-20-14/h6-7,11H,4-5,8-10H2,1-3H3,(H2,17,18,19). The van der Waals surface area contributed by atoms with E-state index in [1.165, 1.54) is 11.1 Å². The van der Waals surface area contributed by atoms with Gasteiger partial charge < -0.3 is 15.4 Å². The van der Waals surface area contributed by atoms with Crippen molar-refractivity contribution in [3.63, 3.8) is 0 Å². The van der Waals surface area contributed by atoms with E-state index in [2.05, 4.69) is 22.8 Å². The van der Waals surface area contributed by atoms with Crippen LogP contribution < -0.4 is 15.4 Å². The number of nitrogens with one attached hydrogen (secondary N) is 2. The van der Waals surface area contributed by atoms with Gasteiger partial charge in [-0.05, 0) is 57.2 Å². The quantitative estimate of drug-likeness (QED) is 0.891. The van der Waals surface area contributed by atoms with Crippen molar-refractivity contribution in [1.29, 1.82) is 0 Å². The first-order valence-electron chi connectivity index (χ1n) is 7.25. The molecule has 110 valence electrons. The lowest BCUT2D eigenvalue weighted by Gasteiger charge is -2.21. The van der Waals surface area contributed by atoms with Crippen molar-refractivity contribution in [3.8, 4) is 5.75 Å². The molecule has 0 atom stereocenters. The minimum Gasteiger partial charge on any atom is -0.493 e. The number of ether oxygens (including phenoxy) is 1. The number of hydrogen-bond acceptors (Lipinski definition) is 2. The fraction of sp³-hybridized carbons (Fsp3) is 0.562. The lowest BCUT2D eigenvalue weighted by atomic mass is 10.0. The Balaban J connectivity index is 1.81. The molecule has 20 heavy (non-hydrogen) atoms. The van der Waals surface area contributed by atoms with Crippen molar-refractivity contribution in [2.45, 2.75) is 45.6 Å². The molecule has 4 nitrogen and oxygen atoms in total. The summed E-state index contributed by atoms with van der Waals surface area (Å²) in [7, 11) is 0. The Morgan fingerprint density at radius 1 is 1.35 bits per heavy atom. The first-order valence-corrected chi connectivity index (χ1v) is 7.25. The van der Waals surface area contributed by atoms with Crippen LogP contribution in [0.25, 0.3) is 0 Å². The second-order valence-electron chi connectivity index (χ2n) is 6.27.